The topological polar surface area (TPSA) is 27.5 Å². The van der Waals surface area contributed by atoms with Gasteiger partial charge in [-0.3, -0.25) is 0 Å². The molecule has 7 heteroatoms. The number of rotatable bonds is 2. The number of fused-ring (bicyclic) bond motifs is 3. The van der Waals surface area contributed by atoms with Gasteiger partial charge in [-0.15, -0.1) is 0 Å². The first-order valence-electron chi connectivity index (χ1n) is 7.71. The molecule has 2 aliphatic rings. The van der Waals surface area contributed by atoms with Gasteiger partial charge in [0, 0.05) is 0 Å². The van der Waals surface area contributed by atoms with E-state index in [9.17, 15) is 0 Å². The van der Waals surface area contributed by atoms with Crippen LogP contribution < -0.4 is 4.81 Å². The van der Waals surface area contributed by atoms with E-state index >= 15 is 0 Å². The van der Waals surface area contributed by atoms with Crippen LogP contribution in [0.5, 0.6) is 0 Å². The van der Waals surface area contributed by atoms with Crippen LogP contribution in [0.3, 0.4) is 0 Å². The minimum absolute atomic E-state index is 0.00555. The Balaban J connectivity index is 2.06. The SMILES string of the molecule is CCCN1B(C)N(C)C2N(B1C)c1ccnn1C2(C)C. The lowest BCUT2D eigenvalue weighted by atomic mass is 9.56. The Labute approximate surface area is 123 Å². The quantitative estimate of drug-likeness (QED) is 0.766. The van der Waals surface area contributed by atoms with E-state index in [2.05, 4.69) is 71.7 Å². The first-order chi connectivity index (χ1) is 9.41. The lowest BCUT2D eigenvalue weighted by molar-refractivity contribution is 0.190. The van der Waals surface area contributed by atoms with Crippen LogP contribution in [0.2, 0.25) is 13.6 Å². The first-order valence-corrected chi connectivity index (χ1v) is 7.71. The molecule has 1 fully saturated rings. The highest BCUT2D eigenvalue weighted by Gasteiger charge is 2.56. The highest BCUT2D eigenvalue weighted by molar-refractivity contribution is 6.73. The molecular formula is C13H25B2N5. The van der Waals surface area contributed by atoms with Crippen LogP contribution in [0, 0.1) is 0 Å². The molecular weight excluding hydrogens is 248 g/mol. The molecule has 108 valence electrons. The molecule has 1 unspecified atom stereocenters. The van der Waals surface area contributed by atoms with Gasteiger partial charge in [0.05, 0.1) is 17.9 Å². The summed E-state index contributed by atoms with van der Waals surface area (Å²) in [6, 6.07) is 2.15. The summed E-state index contributed by atoms with van der Waals surface area (Å²) >= 11 is 0. The summed E-state index contributed by atoms with van der Waals surface area (Å²) in [5.41, 5.74) is -0.00555. The number of likely N-dealkylation sites (N-methyl/N-ethyl adjacent to an activating group) is 1. The molecule has 1 aromatic rings. The minimum Gasteiger partial charge on any atom is -0.370 e. The fourth-order valence-electron chi connectivity index (χ4n) is 4.14. The summed E-state index contributed by atoms with van der Waals surface area (Å²) in [5, 5.41) is 4.57. The molecule has 2 aliphatic heterocycles. The monoisotopic (exact) mass is 273 g/mol. The van der Waals surface area contributed by atoms with E-state index in [0.29, 0.717) is 20.1 Å². The van der Waals surface area contributed by atoms with Crippen molar-refractivity contribution in [2.45, 2.75) is 52.5 Å². The molecule has 0 N–H and O–H groups in total. The van der Waals surface area contributed by atoms with E-state index in [1.165, 1.54) is 12.2 Å². The molecule has 1 atom stereocenters. The molecule has 0 radical (unpaired) electrons. The van der Waals surface area contributed by atoms with Crippen molar-refractivity contribution >= 4 is 19.8 Å². The second-order valence-corrected chi connectivity index (χ2v) is 6.70. The third-order valence-electron chi connectivity index (χ3n) is 5.15. The molecule has 1 saturated heterocycles. The maximum absolute atomic E-state index is 4.57. The Morgan fingerprint density at radius 3 is 2.65 bits per heavy atom. The molecule has 0 saturated carbocycles. The summed E-state index contributed by atoms with van der Waals surface area (Å²) in [6.07, 6.45) is 3.47. The summed E-state index contributed by atoms with van der Waals surface area (Å²) < 4.78 is 4.77. The van der Waals surface area contributed by atoms with Crippen molar-refractivity contribution in [1.82, 2.24) is 19.3 Å². The second kappa shape index (κ2) is 4.53. The van der Waals surface area contributed by atoms with Gasteiger partial charge in [0.1, 0.15) is 5.82 Å². The highest BCUT2D eigenvalue weighted by Crippen LogP contribution is 2.42. The van der Waals surface area contributed by atoms with Crippen molar-refractivity contribution < 1.29 is 0 Å². The average molecular weight is 273 g/mol. The van der Waals surface area contributed by atoms with Gasteiger partial charge >= 0.3 is 6.98 Å². The molecule has 0 aliphatic carbocycles. The standard InChI is InChI=1S/C13H25B2N5/c1-7-10-18-14(4)17(6)12-13(2,3)20-11(8-9-16-20)19(12)15(18)5/h8-9,12H,7,10H2,1-6H3. The lowest BCUT2D eigenvalue weighted by Crippen LogP contribution is -2.74. The number of hydrogen-bond donors (Lipinski definition) is 0. The van der Waals surface area contributed by atoms with Crippen LogP contribution in [0.15, 0.2) is 12.3 Å². The van der Waals surface area contributed by atoms with Crippen LogP contribution >= 0.6 is 0 Å². The van der Waals surface area contributed by atoms with E-state index in [-0.39, 0.29) is 5.54 Å². The predicted octanol–water partition coefficient (Wildman–Crippen LogP) is 1.66. The third-order valence-corrected chi connectivity index (χ3v) is 5.15. The Morgan fingerprint density at radius 1 is 1.30 bits per heavy atom. The zero-order valence-electron chi connectivity index (χ0n) is 13.5. The van der Waals surface area contributed by atoms with E-state index in [1.54, 1.807) is 0 Å². The van der Waals surface area contributed by atoms with Crippen LogP contribution in [0.1, 0.15) is 27.2 Å². The Bertz CT molecular complexity index is 503. The van der Waals surface area contributed by atoms with Gasteiger partial charge in [-0.1, -0.05) is 20.6 Å². The predicted molar refractivity (Wildman–Crippen MR) is 85.8 cm³/mol. The summed E-state index contributed by atoms with van der Waals surface area (Å²) in [5.74, 6) is 1.24. The fourth-order valence-corrected chi connectivity index (χ4v) is 4.14. The molecule has 1 aromatic heterocycles. The van der Waals surface area contributed by atoms with Crippen LogP contribution in [-0.2, 0) is 5.54 Å². The molecule has 0 spiro atoms. The van der Waals surface area contributed by atoms with Crippen LogP contribution in [0.4, 0.5) is 5.82 Å². The fraction of sp³-hybridized carbons (Fsp3) is 0.769. The number of aromatic nitrogens is 2. The van der Waals surface area contributed by atoms with Crippen molar-refractivity contribution in [2.24, 2.45) is 0 Å². The molecule has 0 amide bonds. The van der Waals surface area contributed by atoms with Gasteiger partial charge in [-0.25, -0.2) is 4.68 Å². The number of nitrogens with zero attached hydrogens (tertiary/aromatic N) is 5. The minimum atomic E-state index is -0.00555. The third kappa shape index (κ3) is 1.62. The lowest BCUT2D eigenvalue weighted by Gasteiger charge is -2.53. The molecule has 5 nitrogen and oxygen atoms in total. The maximum Gasteiger partial charge on any atom is 0.331 e. The first kappa shape index (κ1) is 14.0. The average Bonchev–Trinajstić information content (AvgIpc) is 2.94. The Hall–Kier alpha value is -0.940. The maximum atomic E-state index is 4.57. The smallest absolute Gasteiger partial charge is 0.331 e. The van der Waals surface area contributed by atoms with Crippen molar-refractivity contribution in [3.8, 4) is 0 Å². The summed E-state index contributed by atoms with van der Waals surface area (Å²) in [4.78, 5) is 5.02. The van der Waals surface area contributed by atoms with Crippen LogP contribution in [-0.4, -0.2) is 53.0 Å². The normalized spacial score (nSPS) is 26.1. The summed E-state index contributed by atoms with van der Waals surface area (Å²) in [6.45, 7) is 13.5. The van der Waals surface area contributed by atoms with Gasteiger partial charge in [-0.05, 0) is 39.9 Å². The molecule has 3 rings (SSSR count). The van der Waals surface area contributed by atoms with Gasteiger partial charge in [-0.2, -0.15) is 5.10 Å². The molecule has 0 aromatic carbocycles. The van der Waals surface area contributed by atoms with Crippen molar-refractivity contribution in [1.29, 1.82) is 0 Å². The molecule has 20 heavy (non-hydrogen) atoms. The summed E-state index contributed by atoms with van der Waals surface area (Å²) in [7, 11) is 2.24. The van der Waals surface area contributed by atoms with Gasteiger partial charge in [0.15, 0.2) is 0 Å². The van der Waals surface area contributed by atoms with Crippen molar-refractivity contribution in [3.63, 3.8) is 0 Å². The van der Waals surface area contributed by atoms with E-state index in [1.807, 2.05) is 6.20 Å². The van der Waals surface area contributed by atoms with Crippen molar-refractivity contribution in [3.05, 3.63) is 12.3 Å². The number of hydrogen-bond acceptors (Lipinski definition) is 4. The Morgan fingerprint density at radius 2 is 2.00 bits per heavy atom. The van der Waals surface area contributed by atoms with E-state index in [4.69, 9.17) is 0 Å². The molecule has 0 bridgehead atoms. The number of anilines is 1. The highest BCUT2D eigenvalue weighted by atomic mass is 15.6. The van der Waals surface area contributed by atoms with Crippen LogP contribution in [0.25, 0.3) is 0 Å². The van der Waals surface area contributed by atoms with Gasteiger partial charge in [0.25, 0.3) is 6.98 Å². The second-order valence-electron chi connectivity index (χ2n) is 6.70. The van der Waals surface area contributed by atoms with E-state index < -0.39 is 0 Å². The zero-order valence-corrected chi connectivity index (χ0v) is 13.5. The van der Waals surface area contributed by atoms with Crippen molar-refractivity contribution in [2.75, 3.05) is 18.4 Å². The molecule has 3 heterocycles. The Kier molecular flexibility index (Phi) is 3.18. The van der Waals surface area contributed by atoms with E-state index in [0.717, 1.165) is 6.54 Å². The zero-order chi connectivity index (χ0) is 14.7. The van der Waals surface area contributed by atoms with Gasteiger partial charge in [0.2, 0.25) is 0 Å². The largest absolute Gasteiger partial charge is 0.370 e. The van der Waals surface area contributed by atoms with Gasteiger partial charge < -0.3 is 14.3 Å².